The summed E-state index contributed by atoms with van der Waals surface area (Å²) in [5.74, 6) is 0.623. The lowest BCUT2D eigenvalue weighted by atomic mass is 9.92. The van der Waals surface area contributed by atoms with E-state index >= 15 is 0 Å². The molecule has 2 rings (SSSR count). The number of nitrogens with zero attached hydrogens (tertiary/aromatic N) is 1. The Kier molecular flexibility index (Phi) is 3.38. The quantitative estimate of drug-likeness (QED) is 0.817. The second-order valence-electron chi connectivity index (χ2n) is 5.01. The predicted octanol–water partition coefficient (Wildman–Crippen LogP) is 2.84. The molecule has 3 heteroatoms. The van der Waals surface area contributed by atoms with Gasteiger partial charge in [0, 0.05) is 5.92 Å². The van der Waals surface area contributed by atoms with Crippen LogP contribution in [0.4, 0.5) is 0 Å². The van der Waals surface area contributed by atoms with Gasteiger partial charge in [-0.05, 0) is 36.5 Å². The highest BCUT2D eigenvalue weighted by atomic mass is 16.5. The third-order valence-electron chi connectivity index (χ3n) is 3.65. The maximum atomic E-state index is 12.2. The van der Waals surface area contributed by atoms with E-state index in [2.05, 4.69) is 6.07 Å². The van der Waals surface area contributed by atoms with E-state index in [0.29, 0.717) is 5.92 Å². The summed E-state index contributed by atoms with van der Waals surface area (Å²) in [7, 11) is 1.60. The summed E-state index contributed by atoms with van der Waals surface area (Å²) in [4.78, 5) is 12.2. The van der Waals surface area contributed by atoms with Crippen LogP contribution in [-0.2, 0) is 4.79 Å². The van der Waals surface area contributed by atoms with Gasteiger partial charge in [0.15, 0.2) is 5.78 Å². The molecule has 18 heavy (non-hydrogen) atoms. The van der Waals surface area contributed by atoms with Crippen molar-refractivity contribution in [3.8, 4) is 11.8 Å². The normalized spacial score (nSPS) is 23.0. The lowest BCUT2D eigenvalue weighted by Crippen LogP contribution is -2.13. The number of Topliss-reactive ketones (excluding diaryl/α,β-unsaturated/α-hetero) is 1. The lowest BCUT2D eigenvalue weighted by molar-refractivity contribution is -0.120. The molecule has 94 valence electrons. The van der Waals surface area contributed by atoms with Crippen LogP contribution >= 0.6 is 0 Å². The third kappa shape index (κ3) is 2.24. The molecule has 1 aliphatic carbocycles. The average molecular weight is 243 g/mol. The van der Waals surface area contributed by atoms with Gasteiger partial charge in [-0.15, -0.1) is 0 Å². The van der Waals surface area contributed by atoms with Gasteiger partial charge >= 0.3 is 0 Å². The van der Waals surface area contributed by atoms with Gasteiger partial charge in [0.2, 0.25) is 0 Å². The molecule has 0 bridgehead atoms. The zero-order chi connectivity index (χ0) is 13.3. The van der Waals surface area contributed by atoms with Crippen molar-refractivity contribution < 1.29 is 9.53 Å². The molecule has 1 fully saturated rings. The Morgan fingerprint density at radius 2 is 2.22 bits per heavy atom. The fourth-order valence-electron chi connectivity index (χ4n) is 2.25. The molecular weight excluding hydrogens is 226 g/mol. The zero-order valence-corrected chi connectivity index (χ0v) is 10.9. The molecule has 0 radical (unpaired) electrons. The van der Waals surface area contributed by atoms with Gasteiger partial charge in [-0.2, -0.15) is 5.26 Å². The van der Waals surface area contributed by atoms with Crippen molar-refractivity contribution in [2.24, 2.45) is 11.8 Å². The summed E-state index contributed by atoms with van der Waals surface area (Å²) in [6.45, 7) is 3.99. The number of hydrogen-bond donors (Lipinski definition) is 0. The van der Waals surface area contributed by atoms with Gasteiger partial charge in [0.1, 0.15) is 11.7 Å². The van der Waals surface area contributed by atoms with Crippen molar-refractivity contribution in [2.75, 3.05) is 7.11 Å². The van der Waals surface area contributed by atoms with Crippen LogP contribution < -0.4 is 4.74 Å². The molecule has 3 nitrogen and oxygen atoms in total. The Bertz CT molecular complexity index is 516. The molecule has 0 amide bonds. The summed E-state index contributed by atoms with van der Waals surface area (Å²) in [6, 6.07) is 7.66. The summed E-state index contributed by atoms with van der Waals surface area (Å²) >= 11 is 0. The molecule has 3 unspecified atom stereocenters. The van der Waals surface area contributed by atoms with Gasteiger partial charge < -0.3 is 4.74 Å². The van der Waals surface area contributed by atoms with E-state index in [-0.39, 0.29) is 11.7 Å². The highest BCUT2D eigenvalue weighted by Gasteiger charge is 2.42. The van der Waals surface area contributed by atoms with Crippen LogP contribution in [0.15, 0.2) is 18.2 Å². The van der Waals surface area contributed by atoms with Crippen LogP contribution in [0.25, 0.3) is 0 Å². The molecule has 0 heterocycles. The van der Waals surface area contributed by atoms with Gasteiger partial charge in [0.25, 0.3) is 0 Å². The number of nitriles is 1. The van der Waals surface area contributed by atoms with Crippen molar-refractivity contribution in [3.05, 3.63) is 29.3 Å². The lowest BCUT2D eigenvalue weighted by Gasteiger charge is -2.11. The van der Waals surface area contributed by atoms with Crippen molar-refractivity contribution in [2.45, 2.75) is 26.2 Å². The first kappa shape index (κ1) is 12.6. The average Bonchev–Trinajstić information content (AvgIpc) is 3.09. The number of ketones is 1. The standard InChI is InChI=1S/C15H17NO2/c1-9-4-5-11(7-14(9)18-3)13(8-16)15(17)12-6-10(12)2/h4-5,7,10,12-13H,6H2,1-3H3. The number of rotatable bonds is 4. The molecule has 0 aliphatic heterocycles. The van der Waals surface area contributed by atoms with Crippen LogP contribution in [0.2, 0.25) is 0 Å². The van der Waals surface area contributed by atoms with E-state index in [1.807, 2.05) is 26.0 Å². The topological polar surface area (TPSA) is 50.1 Å². The first-order valence-corrected chi connectivity index (χ1v) is 6.16. The van der Waals surface area contributed by atoms with Crippen molar-refractivity contribution in [3.63, 3.8) is 0 Å². The fraction of sp³-hybridized carbons (Fsp3) is 0.467. The molecule has 0 N–H and O–H groups in total. The molecular formula is C15H17NO2. The fourth-order valence-corrected chi connectivity index (χ4v) is 2.25. The second-order valence-corrected chi connectivity index (χ2v) is 5.01. The summed E-state index contributed by atoms with van der Waals surface area (Å²) in [5, 5.41) is 9.23. The maximum absolute atomic E-state index is 12.2. The Morgan fingerprint density at radius 3 is 2.72 bits per heavy atom. The molecule has 1 aliphatic rings. The SMILES string of the molecule is COc1cc(C(C#N)C(=O)C2CC2C)ccc1C. The number of ether oxygens (including phenoxy) is 1. The first-order chi connectivity index (χ1) is 8.58. The number of aryl methyl sites for hydroxylation is 1. The highest BCUT2D eigenvalue weighted by molar-refractivity contribution is 5.92. The number of carbonyl (C=O) groups excluding carboxylic acids is 1. The van der Waals surface area contributed by atoms with Gasteiger partial charge in [0.05, 0.1) is 13.2 Å². The highest BCUT2D eigenvalue weighted by Crippen LogP contribution is 2.42. The van der Waals surface area contributed by atoms with Crippen LogP contribution in [0, 0.1) is 30.1 Å². The van der Waals surface area contributed by atoms with E-state index in [9.17, 15) is 10.1 Å². The first-order valence-electron chi connectivity index (χ1n) is 6.16. The molecule has 1 saturated carbocycles. The van der Waals surface area contributed by atoms with Crippen LogP contribution in [0.3, 0.4) is 0 Å². The van der Waals surface area contributed by atoms with Crippen LogP contribution in [0.5, 0.6) is 5.75 Å². The summed E-state index contributed by atoms with van der Waals surface area (Å²) in [5.41, 5.74) is 1.74. The van der Waals surface area contributed by atoms with E-state index in [1.54, 1.807) is 13.2 Å². The van der Waals surface area contributed by atoms with E-state index < -0.39 is 5.92 Å². The van der Waals surface area contributed by atoms with Crippen LogP contribution in [0.1, 0.15) is 30.4 Å². The molecule has 1 aromatic carbocycles. The minimum atomic E-state index is -0.658. The predicted molar refractivity (Wildman–Crippen MR) is 68.4 cm³/mol. The third-order valence-corrected chi connectivity index (χ3v) is 3.65. The number of methoxy groups -OCH3 is 1. The molecule has 3 atom stereocenters. The van der Waals surface area contributed by atoms with Gasteiger partial charge in [-0.3, -0.25) is 4.79 Å². The van der Waals surface area contributed by atoms with Crippen molar-refractivity contribution >= 4 is 5.78 Å². The van der Waals surface area contributed by atoms with Gasteiger partial charge in [-0.25, -0.2) is 0 Å². The van der Waals surface area contributed by atoms with E-state index in [1.165, 1.54) is 0 Å². The number of hydrogen-bond acceptors (Lipinski definition) is 3. The van der Waals surface area contributed by atoms with E-state index in [4.69, 9.17) is 4.74 Å². The zero-order valence-electron chi connectivity index (χ0n) is 10.9. The minimum Gasteiger partial charge on any atom is -0.496 e. The summed E-state index contributed by atoms with van der Waals surface area (Å²) in [6.07, 6.45) is 0.917. The summed E-state index contributed by atoms with van der Waals surface area (Å²) < 4.78 is 5.24. The number of benzene rings is 1. The Hall–Kier alpha value is -1.82. The van der Waals surface area contributed by atoms with Crippen molar-refractivity contribution in [1.82, 2.24) is 0 Å². The van der Waals surface area contributed by atoms with Crippen LogP contribution in [-0.4, -0.2) is 12.9 Å². The largest absolute Gasteiger partial charge is 0.496 e. The Balaban J connectivity index is 2.28. The number of carbonyl (C=O) groups is 1. The second kappa shape index (κ2) is 4.81. The van der Waals surface area contributed by atoms with E-state index in [0.717, 1.165) is 23.3 Å². The monoisotopic (exact) mass is 243 g/mol. The molecule has 0 spiro atoms. The molecule has 1 aromatic rings. The maximum Gasteiger partial charge on any atom is 0.157 e. The smallest absolute Gasteiger partial charge is 0.157 e. The Labute approximate surface area is 107 Å². The Morgan fingerprint density at radius 1 is 1.56 bits per heavy atom. The molecule has 0 saturated heterocycles. The molecule has 0 aromatic heterocycles. The minimum absolute atomic E-state index is 0.0518. The van der Waals surface area contributed by atoms with Gasteiger partial charge in [-0.1, -0.05) is 19.1 Å². The van der Waals surface area contributed by atoms with Crippen molar-refractivity contribution in [1.29, 1.82) is 5.26 Å².